The van der Waals surface area contributed by atoms with Crippen LogP contribution < -0.4 is 0 Å². The van der Waals surface area contributed by atoms with Gasteiger partial charge in [0.2, 0.25) is 0 Å². The zero-order chi connectivity index (χ0) is 14.4. The van der Waals surface area contributed by atoms with E-state index in [1.807, 2.05) is 6.07 Å². The van der Waals surface area contributed by atoms with Crippen LogP contribution in [-0.2, 0) is 7.05 Å². The molecule has 0 spiro atoms. The SMILES string of the molecule is Cn1c(-c2c(O)c(Cl)cc(Cl)c2Cl)nc2ncccc21. The molecule has 102 valence electrons. The fourth-order valence-electron chi connectivity index (χ4n) is 2.04. The van der Waals surface area contributed by atoms with Crippen molar-refractivity contribution in [2.75, 3.05) is 0 Å². The van der Waals surface area contributed by atoms with E-state index in [1.54, 1.807) is 23.9 Å². The summed E-state index contributed by atoms with van der Waals surface area (Å²) in [7, 11) is 1.80. The predicted octanol–water partition coefficient (Wildman–Crippen LogP) is 4.30. The fourth-order valence-corrected chi connectivity index (χ4v) is 2.73. The second-order valence-electron chi connectivity index (χ2n) is 4.22. The van der Waals surface area contributed by atoms with Crippen molar-refractivity contribution in [3.63, 3.8) is 0 Å². The van der Waals surface area contributed by atoms with Gasteiger partial charge in [-0.2, -0.15) is 0 Å². The summed E-state index contributed by atoms with van der Waals surface area (Å²) < 4.78 is 1.77. The summed E-state index contributed by atoms with van der Waals surface area (Å²) in [4.78, 5) is 8.55. The number of hydrogen-bond donors (Lipinski definition) is 1. The van der Waals surface area contributed by atoms with Gasteiger partial charge in [-0.15, -0.1) is 0 Å². The molecule has 1 N–H and O–H groups in total. The van der Waals surface area contributed by atoms with Crippen LogP contribution in [0.4, 0.5) is 0 Å². The largest absolute Gasteiger partial charge is 0.506 e. The first kappa shape index (κ1) is 13.5. The number of aromatic nitrogens is 3. The Morgan fingerprint density at radius 1 is 1.20 bits per heavy atom. The molecule has 2 aromatic heterocycles. The number of aromatic hydroxyl groups is 1. The Labute approximate surface area is 129 Å². The van der Waals surface area contributed by atoms with Gasteiger partial charge in [0.1, 0.15) is 11.6 Å². The predicted molar refractivity (Wildman–Crippen MR) is 80.6 cm³/mol. The van der Waals surface area contributed by atoms with Gasteiger partial charge in [0, 0.05) is 13.2 Å². The number of nitrogens with zero attached hydrogens (tertiary/aromatic N) is 3. The molecule has 4 nitrogen and oxygen atoms in total. The van der Waals surface area contributed by atoms with Crippen LogP contribution >= 0.6 is 34.8 Å². The molecule has 7 heteroatoms. The molecule has 0 saturated heterocycles. The summed E-state index contributed by atoms with van der Waals surface area (Å²) in [5, 5.41) is 10.7. The first-order chi connectivity index (χ1) is 9.50. The zero-order valence-electron chi connectivity index (χ0n) is 10.2. The Kier molecular flexibility index (Phi) is 3.24. The van der Waals surface area contributed by atoms with Gasteiger partial charge in [-0.1, -0.05) is 34.8 Å². The Bertz CT molecular complexity index is 803. The van der Waals surface area contributed by atoms with Gasteiger partial charge in [-0.3, -0.25) is 0 Å². The van der Waals surface area contributed by atoms with Crippen LogP contribution in [-0.4, -0.2) is 19.6 Å². The Balaban J connectivity index is 2.40. The maximum absolute atomic E-state index is 10.2. The van der Waals surface area contributed by atoms with Crippen LogP contribution in [0.15, 0.2) is 24.4 Å². The third-order valence-electron chi connectivity index (χ3n) is 3.03. The molecule has 3 aromatic rings. The molecule has 0 bridgehead atoms. The van der Waals surface area contributed by atoms with Crippen LogP contribution in [0.2, 0.25) is 15.1 Å². The number of benzene rings is 1. The topological polar surface area (TPSA) is 50.9 Å². The van der Waals surface area contributed by atoms with Crippen molar-refractivity contribution in [3.05, 3.63) is 39.5 Å². The summed E-state index contributed by atoms with van der Waals surface area (Å²) >= 11 is 18.1. The minimum Gasteiger partial charge on any atom is -0.506 e. The van der Waals surface area contributed by atoms with Gasteiger partial charge < -0.3 is 9.67 Å². The summed E-state index contributed by atoms with van der Waals surface area (Å²) in [6, 6.07) is 5.07. The average Bonchev–Trinajstić information content (AvgIpc) is 2.75. The van der Waals surface area contributed by atoms with E-state index in [-0.39, 0.29) is 20.8 Å². The Morgan fingerprint density at radius 2 is 1.95 bits per heavy atom. The van der Waals surface area contributed by atoms with E-state index >= 15 is 0 Å². The fraction of sp³-hybridized carbons (Fsp3) is 0.0769. The Hall–Kier alpha value is -1.49. The van der Waals surface area contributed by atoms with Crippen molar-refractivity contribution in [1.82, 2.24) is 14.5 Å². The molecule has 0 aliphatic carbocycles. The third kappa shape index (κ3) is 1.92. The molecule has 0 fully saturated rings. The van der Waals surface area contributed by atoms with Crippen molar-refractivity contribution >= 4 is 46.0 Å². The van der Waals surface area contributed by atoms with E-state index in [9.17, 15) is 5.11 Å². The molecular weight excluding hydrogens is 321 g/mol. The van der Waals surface area contributed by atoms with E-state index in [0.717, 1.165) is 5.52 Å². The second kappa shape index (κ2) is 4.81. The highest BCUT2D eigenvalue weighted by Crippen LogP contribution is 2.44. The first-order valence-corrected chi connectivity index (χ1v) is 6.78. The average molecular weight is 329 g/mol. The summed E-state index contributed by atoms with van der Waals surface area (Å²) in [5.74, 6) is 0.296. The van der Waals surface area contributed by atoms with Gasteiger partial charge >= 0.3 is 0 Å². The van der Waals surface area contributed by atoms with E-state index in [4.69, 9.17) is 34.8 Å². The number of phenols is 1. The standard InChI is InChI=1S/C13H8Cl3N3O/c1-19-8-3-2-4-17-12(8)18-13(19)9-10(16)6(14)5-7(15)11(9)20/h2-5,20H,1H3. The van der Waals surface area contributed by atoms with Gasteiger partial charge in [-0.05, 0) is 18.2 Å². The molecular formula is C13H8Cl3N3O. The van der Waals surface area contributed by atoms with Gasteiger partial charge in [0.25, 0.3) is 0 Å². The van der Waals surface area contributed by atoms with Crippen molar-refractivity contribution in [2.45, 2.75) is 0 Å². The van der Waals surface area contributed by atoms with Crippen molar-refractivity contribution in [3.8, 4) is 17.1 Å². The molecule has 0 saturated carbocycles. The van der Waals surface area contributed by atoms with Crippen molar-refractivity contribution in [1.29, 1.82) is 0 Å². The number of phenolic OH excluding ortho intramolecular Hbond substituents is 1. The summed E-state index contributed by atoms with van der Waals surface area (Å²) in [6.45, 7) is 0. The van der Waals surface area contributed by atoms with Crippen LogP contribution in [0.1, 0.15) is 0 Å². The molecule has 20 heavy (non-hydrogen) atoms. The van der Waals surface area contributed by atoms with Crippen LogP contribution in [0.3, 0.4) is 0 Å². The van der Waals surface area contributed by atoms with Crippen LogP contribution in [0.5, 0.6) is 5.75 Å². The normalized spacial score (nSPS) is 11.2. The Morgan fingerprint density at radius 3 is 2.65 bits per heavy atom. The van der Waals surface area contributed by atoms with Gasteiger partial charge in [0.05, 0.1) is 26.1 Å². The molecule has 1 aromatic carbocycles. The lowest BCUT2D eigenvalue weighted by Crippen LogP contribution is -1.94. The zero-order valence-corrected chi connectivity index (χ0v) is 12.5. The maximum atomic E-state index is 10.2. The minimum absolute atomic E-state index is 0.120. The highest BCUT2D eigenvalue weighted by atomic mass is 35.5. The number of halogens is 3. The lowest BCUT2D eigenvalue weighted by molar-refractivity contribution is 0.477. The molecule has 2 heterocycles. The van der Waals surface area contributed by atoms with E-state index in [1.165, 1.54) is 6.07 Å². The highest BCUT2D eigenvalue weighted by Gasteiger charge is 2.21. The third-order valence-corrected chi connectivity index (χ3v) is 4.10. The van der Waals surface area contributed by atoms with Gasteiger partial charge in [0.15, 0.2) is 5.65 Å². The molecule has 0 aliphatic heterocycles. The summed E-state index contributed by atoms with van der Waals surface area (Å²) in [5.41, 5.74) is 1.66. The molecule has 3 rings (SSSR count). The number of fused-ring (bicyclic) bond motifs is 1. The number of rotatable bonds is 1. The smallest absolute Gasteiger partial charge is 0.178 e. The van der Waals surface area contributed by atoms with Crippen LogP contribution in [0.25, 0.3) is 22.6 Å². The molecule has 0 radical (unpaired) electrons. The molecule has 0 unspecified atom stereocenters. The summed E-state index contributed by atoms with van der Waals surface area (Å²) in [6.07, 6.45) is 1.64. The van der Waals surface area contributed by atoms with E-state index in [2.05, 4.69) is 9.97 Å². The lowest BCUT2D eigenvalue weighted by Gasteiger charge is -2.10. The molecule has 0 atom stereocenters. The quantitative estimate of drug-likeness (QED) is 0.678. The minimum atomic E-state index is -0.153. The van der Waals surface area contributed by atoms with Crippen LogP contribution in [0, 0.1) is 0 Å². The highest BCUT2D eigenvalue weighted by molar-refractivity contribution is 6.45. The number of aryl methyl sites for hydroxylation is 1. The van der Waals surface area contributed by atoms with E-state index in [0.29, 0.717) is 17.0 Å². The number of imidazole rings is 1. The van der Waals surface area contributed by atoms with Crippen molar-refractivity contribution in [2.24, 2.45) is 7.05 Å². The number of pyridine rings is 1. The number of hydrogen-bond acceptors (Lipinski definition) is 3. The first-order valence-electron chi connectivity index (χ1n) is 5.65. The lowest BCUT2D eigenvalue weighted by atomic mass is 10.2. The monoisotopic (exact) mass is 327 g/mol. The molecule has 0 aliphatic rings. The molecule has 0 amide bonds. The van der Waals surface area contributed by atoms with Gasteiger partial charge in [-0.25, -0.2) is 9.97 Å². The van der Waals surface area contributed by atoms with E-state index < -0.39 is 0 Å². The second-order valence-corrected chi connectivity index (χ2v) is 5.41. The maximum Gasteiger partial charge on any atom is 0.178 e. The van der Waals surface area contributed by atoms with Crippen molar-refractivity contribution < 1.29 is 5.11 Å².